The maximum absolute atomic E-state index is 12.7. The largest absolute Gasteiger partial charge is 0.348 e. The molecule has 0 radical (unpaired) electrons. The van der Waals surface area contributed by atoms with Crippen molar-refractivity contribution in [2.75, 3.05) is 5.32 Å². The topological polar surface area (TPSA) is 68.2 Å². The van der Waals surface area contributed by atoms with Crippen molar-refractivity contribution in [3.63, 3.8) is 0 Å². The molecule has 2 aromatic carbocycles. The van der Waals surface area contributed by atoms with Gasteiger partial charge in [0.1, 0.15) is 5.56 Å². The van der Waals surface area contributed by atoms with Gasteiger partial charge in [-0.05, 0) is 31.2 Å². The molecule has 1 amide bonds. The Balaban J connectivity index is 2.04. The summed E-state index contributed by atoms with van der Waals surface area (Å²) >= 11 is 6.15. The molecule has 0 aliphatic rings. The predicted molar refractivity (Wildman–Crippen MR) is 98.6 cm³/mol. The highest BCUT2D eigenvalue weighted by Gasteiger charge is 2.16. The van der Waals surface area contributed by atoms with E-state index in [1.54, 1.807) is 54.1 Å². The van der Waals surface area contributed by atoms with Gasteiger partial charge in [0.25, 0.3) is 5.91 Å². The highest BCUT2D eigenvalue weighted by molar-refractivity contribution is 6.35. The summed E-state index contributed by atoms with van der Waals surface area (Å²) in [4.78, 5) is 36.7. The Morgan fingerprint density at radius 2 is 1.84 bits per heavy atom. The number of hydrogen-bond donors (Lipinski definition) is 1. The van der Waals surface area contributed by atoms with E-state index in [-0.39, 0.29) is 11.3 Å². The van der Waals surface area contributed by atoms with Crippen molar-refractivity contribution in [1.82, 2.24) is 4.57 Å². The number of aromatic nitrogens is 1. The molecule has 0 aliphatic heterocycles. The van der Waals surface area contributed by atoms with Gasteiger partial charge in [0.15, 0.2) is 5.78 Å². The van der Waals surface area contributed by atoms with Gasteiger partial charge in [0.2, 0.25) is 5.43 Å². The minimum Gasteiger partial charge on any atom is -0.348 e. The standard InChI is InChI=1S/C19H15ClN2O3/c1-11(23)12-5-3-6-13(9-12)21-19(25)15-10-22(2)17-14(18(15)24)7-4-8-16(17)20/h3-10H,1-2H3,(H,21,25). The zero-order valence-corrected chi connectivity index (χ0v) is 14.4. The molecule has 3 rings (SSSR count). The summed E-state index contributed by atoms with van der Waals surface area (Å²) in [5, 5.41) is 3.48. The van der Waals surface area contributed by atoms with Crippen LogP contribution in [0.2, 0.25) is 5.02 Å². The van der Waals surface area contributed by atoms with E-state index in [1.165, 1.54) is 13.1 Å². The molecular weight excluding hydrogens is 340 g/mol. The van der Waals surface area contributed by atoms with Gasteiger partial charge in [-0.2, -0.15) is 0 Å². The van der Waals surface area contributed by atoms with Crippen LogP contribution in [-0.2, 0) is 7.05 Å². The van der Waals surface area contributed by atoms with Gasteiger partial charge in [-0.3, -0.25) is 14.4 Å². The van der Waals surface area contributed by atoms with Crippen molar-refractivity contribution in [3.8, 4) is 0 Å². The number of carbonyl (C=O) groups excluding carboxylic acids is 2. The fourth-order valence-electron chi connectivity index (χ4n) is 2.70. The van der Waals surface area contributed by atoms with E-state index in [0.717, 1.165) is 0 Å². The molecule has 0 bridgehead atoms. The number of aryl methyl sites for hydroxylation is 1. The number of ketones is 1. The van der Waals surface area contributed by atoms with E-state index in [1.807, 2.05) is 0 Å². The number of pyridine rings is 1. The second-order valence-electron chi connectivity index (χ2n) is 5.71. The van der Waals surface area contributed by atoms with Crippen LogP contribution in [0.4, 0.5) is 5.69 Å². The number of carbonyl (C=O) groups is 2. The normalized spacial score (nSPS) is 10.7. The zero-order chi connectivity index (χ0) is 18.1. The summed E-state index contributed by atoms with van der Waals surface area (Å²) in [7, 11) is 1.72. The summed E-state index contributed by atoms with van der Waals surface area (Å²) in [6.45, 7) is 1.45. The average molecular weight is 355 g/mol. The Kier molecular flexibility index (Phi) is 4.42. The first-order valence-corrected chi connectivity index (χ1v) is 7.96. The second-order valence-corrected chi connectivity index (χ2v) is 6.12. The molecule has 0 unspecified atom stereocenters. The third kappa shape index (κ3) is 3.19. The molecule has 1 N–H and O–H groups in total. The van der Waals surface area contributed by atoms with E-state index >= 15 is 0 Å². The van der Waals surface area contributed by atoms with E-state index in [2.05, 4.69) is 5.32 Å². The van der Waals surface area contributed by atoms with Crippen LogP contribution in [-0.4, -0.2) is 16.3 Å². The number of rotatable bonds is 3. The minimum absolute atomic E-state index is 0.00509. The number of benzene rings is 2. The third-order valence-electron chi connectivity index (χ3n) is 3.92. The van der Waals surface area contributed by atoms with Gasteiger partial charge in [0, 0.05) is 29.9 Å². The van der Waals surface area contributed by atoms with Gasteiger partial charge in [0.05, 0.1) is 10.5 Å². The molecule has 6 heteroatoms. The van der Waals surface area contributed by atoms with E-state index in [0.29, 0.717) is 27.2 Å². The van der Waals surface area contributed by atoms with Crippen molar-refractivity contribution >= 4 is 39.9 Å². The monoisotopic (exact) mass is 354 g/mol. The van der Waals surface area contributed by atoms with Crippen molar-refractivity contribution in [2.45, 2.75) is 6.92 Å². The molecule has 0 aliphatic carbocycles. The Hall–Kier alpha value is -2.92. The van der Waals surface area contributed by atoms with Gasteiger partial charge in [-0.25, -0.2) is 0 Å². The van der Waals surface area contributed by atoms with Crippen LogP contribution in [0.25, 0.3) is 10.9 Å². The third-order valence-corrected chi connectivity index (χ3v) is 4.23. The second kappa shape index (κ2) is 6.53. The lowest BCUT2D eigenvalue weighted by atomic mass is 10.1. The molecule has 25 heavy (non-hydrogen) atoms. The lowest BCUT2D eigenvalue weighted by Gasteiger charge is -2.11. The van der Waals surface area contributed by atoms with Crippen molar-refractivity contribution in [3.05, 3.63) is 75.0 Å². The maximum Gasteiger partial charge on any atom is 0.261 e. The molecule has 1 heterocycles. The van der Waals surface area contributed by atoms with Crippen LogP contribution in [0.5, 0.6) is 0 Å². The fraction of sp³-hybridized carbons (Fsp3) is 0.105. The molecule has 3 aromatic rings. The molecule has 0 fully saturated rings. The molecule has 0 saturated heterocycles. The first-order chi connectivity index (χ1) is 11.9. The van der Waals surface area contributed by atoms with Crippen LogP contribution in [0.15, 0.2) is 53.5 Å². The molecule has 126 valence electrons. The number of para-hydroxylation sites is 1. The fourth-order valence-corrected chi connectivity index (χ4v) is 3.00. The van der Waals surface area contributed by atoms with Gasteiger partial charge < -0.3 is 9.88 Å². The Morgan fingerprint density at radius 1 is 1.12 bits per heavy atom. The van der Waals surface area contributed by atoms with Gasteiger partial charge in [-0.15, -0.1) is 0 Å². The van der Waals surface area contributed by atoms with E-state index in [4.69, 9.17) is 11.6 Å². The van der Waals surface area contributed by atoms with E-state index in [9.17, 15) is 14.4 Å². The molecule has 0 atom stereocenters. The van der Waals surface area contributed by atoms with Crippen LogP contribution in [0, 0.1) is 0 Å². The summed E-state index contributed by atoms with van der Waals surface area (Å²) in [6, 6.07) is 11.6. The molecule has 0 saturated carbocycles. The molecule has 5 nitrogen and oxygen atoms in total. The van der Waals surface area contributed by atoms with Crippen molar-refractivity contribution in [1.29, 1.82) is 0 Å². The van der Waals surface area contributed by atoms with Crippen LogP contribution in [0.3, 0.4) is 0 Å². The predicted octanol–water partition coefficient (Wildman–Crippen LogP) is 3.65. The quantitative estimate of drug-likeness (QED) is 0.730. The summed E-state index contributed by atoms with van der Waals surface area (Å²) in [5.74, 6) is -0.643. The van der Waals surface area contributed by atoms with Crippen LogP contribution < -0.4 is 10.7 Å². The van der Waals surface area contributed by atoms with Crippen molar-refractivity contribution in [2.24, 2.45) is 7.05 Å². The summed E-state index contributed by atoms with van der Waals surface area (Å²) in [6.07, 6.45) is 1.46. The van der Waals surface area contributed by atoms with E-state index < -0.39 is 11.3 Å². The Bertz CT molecular complexity index is 1070. The molecular formula is C19H15ClN2O3. The Labute approximate surface area is 148 Å². The number of Topliss-reactive ketones (excluding diaryl/α,β-unsaturated/α-hetero) is 1. The highest BCUT2D eigenvalue weighted by atomic mass is 35.5. The number of nitrogens with one attached hydrogen (secondary N) is 1. The van der Waals surface area contributed by atoms with Crippen LogP contribution >= 0.6 is 11.6 Å². The molecule has 0 spiro atoms. The lowest BCUT2D eigenvalue weighted by molar-refractivity contribution is 0.101. The zero-order valence-electron chi connectivity index (χ0n) is 13.7. The SMILES string of the molecule is CC(=O)c1cccc(NC(=O)c2cn(C)c3c(Cl)cccc3c2=O)c1. The number of anilines is 1. The average Bonchev–Trinajstić information content (AvgIpc) is 2.58. The number of halogens is 1. The lowest BCUT2D eigenvalue weighted by Crippen LogP contribution is -2.23. The van der Waals surface area contributed by atoms with Crippen LogP contribution in [0.1, 0.15) is 27.6 Å². The number of hydrogen-bond acceptors (Lipinski definition) is 3. The van der Waals surface area contributed by atoms with Crippen molar-refractivity contribution < 1.29 is 9.59 Å². The summed E-state index contributed by atoms with van der Waals surface area (Å²) in [5.41, 5.74) is 1.12. The number of amides is 1. The van der Waals surface area contributed by atoms with Gasteiger partial charge >= 0.3 is 0 Å². The highest BCUT2D eigenvalue weighted by Crippen LogP contribution is 2.21. The first-order valence-electron chi connectivity index (χ1n) is 7.58. The maximum atomic E-state index is 12.7. The number of fused-ring (bicyclic) bond motifs is 1. The van der Waals surface area contributed by atoms with Gasteiger partial charge in [-0.1, -0.05) is 29.8 Å². The summed E-state index contributed by atoms with van der Waals surface area (Å²) < 4.78 is 1.65. The minimum atomic E-state index is -0.539. The smallest absolute Gasteiger partial charge is 0.261 e. The first kappa shape index (κ1) is 16.9. The Morgan fingerprint density at radius 3 is 2.56 bits per heavy atom. The number of nitrogens with zero attached hydrogens (tertiary/aromatic N) is 1. The molecule has 1 aromatic heterocycles.